The highest BCUT2D eigenvalue weighted by atomic mass is 79.9. The molecule has 1 N–H and O–H groups in total. The molecule has 0 spiro atoms. The molecular weight excluding hydrogens is 294 g/mol. The summed E-state index contributed by atoms with van der Waals surface area (Å²) < 4.78 is 1.64. The highest BCUT2D eigenvalue weighted by Gasteiger charge is 2.21. The zero-order valence-corrected chi connectivity index (χ0v) is 12.5. The van der Waals surface area contributed by atoms with Crippen molar-refractivity contribution < 1.29 is 4.79 Å². The first kappa shape index (κ1) is 13.6. The van der Waals surface area contributed by atoms with Gasteiger partial charge in [0, 0.05) is 18.4 Å². The van der Waals surface area contributed by atoms with Crippen LogP contribution in [0.4, 0.5) is 0 Å². The summed E-state index contributed by atoms with van der Waals surface area (Å²) in [6.07, 6.45) is 4.88. The van der Waals surface area contributed by atoms with Gasteiger partial charge in [-0.3, -0.25) is 9.48 Å². The second-order valence-electron chi connectivity index (χ2n) is 5.13. The van der Waals surface area contributed by atoms with Crippen molar-refractivity contribution in [3.8, 4) is 0 Å². The van der Waals surface area contributed by atoms with Crippen LogP contribution in [-0.4, -0.2) is 27.1 Å². The molecule has 0 aliphatic heterocycles. The van der Waals surface area contributed by atoms with Crippen LogP contribution in [-0.2, 0) is 7.05 Å². The maximum absolute atomic E-state index is 12.0. The third-order valence-corrected chi connectivity index (χ3v) is 4.34. The van der Waals surface area contributed by atoms with Crippen molar-refractivity contribution in [1.82, 2.24) is 15.1 Å². The molecule has 100 valence electrons. The predicted molar refractivity (Wildman–Crippen MR) is 75.0 cm³/mol. The Balaban J connectivity index is 1.86. The quantitative estimate of drug-likeness (QED) is 0.871. The van der Waals surface area contributed by atoms with Gasteiger partial charge >= 0.3 is 0 Å². The summed E-state index contributed by atoms with van der Waals surface area (Å²) in [7, 11) is 1.80. The van der Waals surface area contributed by atoms with Crippen molar-refractivity contribution >= 4 is 21.8 Å². The number of amides is 1. The van der Waals surface area contributed by atoms with Crippen molar-refractivity contribution in [2.24, 2.45) is 13.0 Å². The molecule has 1 fully saturated rings. The third kappa shape index (κ3) is 3.34. The van der Waals surface area contributed by atoms with Crippen molar-refractivity contribution in [2.75, 3.05) is 6.54 Å². The van der Waals surface area contributed by atoms with Crippen LogP contribution < -0.4 is 5.32 Å². The van der Waals surface area contributed by atoms with Gasteiger partial charge in [-0.25, -0.2) is 0 Å². The number of hydrogen-bond acceptors (Lipinski definition) is 2. The summed E-state index contributed by atoms with van der Waals surface area (Å²) in [5.41, 5.74) is 1.51. The summed E-state index contributed by atoms with van der Waals surface area (Å²) in [5, 5.41) is 7.21. The van der Waals surface area contributed by atoms with Crippen LogP contribution in [0.5, 0.6) is 0 Å². The van der Waals surface area contributed by atoms with E-state index < -0.39 is 0 Å². The Bertz CT molecular complexity index is 430. The molecular formula is C13H20BrN3O. The van der Waals surface area contributed by atoms with Crippen molar-refractivity contribution in [3.05, 3.63) is 17.5 Å². The highest BCUT2D eigenvalue weighted by Crippen LogP contribution is 2.28. The summed E-state index contributed by atoms with van der Waals surface area (Å²) in [6.45, 7) is 2.67. The highest BCUT2D eigenvalue weighted by molar-refractivity contribution is 9.09. The van der Waals surface area contributed by atoms with Crippen LogP contribution >= 0.6 is 15.9 Å². The van der Waals surface area contributed by atoms with Gasteiger partial charge in [0.2, 0.25) is 0 Å². The lowest BCUT2D eigenvalue weighted by Crippen LogP contribution is -2.32. The summed E-state index contributed by atoms with van der Waals surface area (Å²) in [6, 6.07) is 1.82. The monoisotopic (exact) mass is 313 g/mol. The minimum atomic E-state index is -0.0187. The largest absolute Gasteiger partial charge is 0.350 e. The molecule has 0 aromatic carbocycles. The van der Waals surface area contributed by atoms with Gasteiger partial charge in [0.1, 0.15) is 5.69 Å². The van der Waals surface area contributed by atoms with E-state index in [1.165, 1.54) is 19.3 Å². The van der Waals surface area contributed by atoms with Gasteiger partial charge in [-0.15, -0.1) is 0 Å². The summed E-state index contributed by atoms with van der Waals surface area (Å²) >= 11 is 3.67. The molecule has 2 rings (SSSR count). The number of alkyl halides is 1. The standard InChI is InChI=1S/C13H20BrN3O/c1-9-6-12(17(2)16-9)13(18)15-8-10-4-3-5-11(14)7-10/h6,10-11H,3-5,7-8H2,1-2H3,(H,15,18). The Labute approximate surface area is 116 Å². The molecule has 2 unspecified atom stereocenters. The van der Waals surface area contributed by atoms with E-state index in [1.807, 2.05) is 13.0 Å². The number of aryl methyl sites for hydroxylation is 2. The number of nitrogens with one attached hydrogen (secondary N) is 1. The molecule has 1 heterocycles. The van der Waals surface area contributed by atoms with E-state index in [4.69, 9.17) is 0 Å². The minimum Gasteiger partial charge on any atom is -0.350 e. The van der Waals surface area contributed by atoms with Gasteiger partial charge < -0.3 is 5.32 Å². The molecule has 1 amide bonds. The Morgan fingerprint density at radius 2 is 2.39 bits per heavy atom. The summed E-state index contributed by atoms with van der Waals surface area (Å²) in [5.74, 6) is 0.580. The zero-order chi connectivity index (χ0) is 13.1. The smallest absolute Gasteiger partial charge is 0.269 e. The molecule has 5 heteroatoms. The second kappa shape index (κ2) is 5.87. The van der Waals surface area contributed by atoms with Gasteiger partial charge in [-0.2, -0.15) is 5.10 Å². The minimum absolute atomic E-state index is 0.0187. The molecule has 1 aromatic rings. The van der Waals surface area contributed by atoms with Crippen LogP contribution in [0.2, 0.25) is 0 Å². The maximum atomic E-state index is 12.0. The fourth-order valence-corrected chi connectivity index (χ4v) is 3.41. The lowest BCUT2D eigenvalue weighted by Gasteiger charge is -2.25. The Kier molecular flexibility index (Phi) is 4.43. The van der Waals surface area contributed by atoms with Gasteiger partial charge in [-0.1, -0.05) is 22.4 Å². The molecule has 0 radical (unpaired) electrons. The fourth-order valence-electron chi connectivity index (χ4n) is 2.56. The molecule has 2 atom stereocenters. The molecule has 1 saturated carbocycles. The number of carbonyl (C=O) groups is 1. The first-order chi connectivity index (χ1) is 8.56. The van der Waals surface area contributed by atoms with Gasteiger partial charge in [-0.05, 0) is 38.2 Å². The van der Waals surface area contributed by atoms with E-state index in [1.54, 1.807) is 11.7 Å². The van der Waals surface area contributed by atoms with Crippen LogP contribution in [0.3, 0.4) is 0 Å². The topological polar surface area (TPSA) is 46.9 Å². The number of rotatable bonds is 3. The number of aromatic nitrogens is 2. The second-order valence-corrected chi connectivity index (χ2v) is 6.43. The van der Waals surface area contributed by atoms with Crippen LogP contribution in [0.15, 0.2) is 6.07 Å². The van der Waals surface area contributed by atoms with E-state index in [9.17, 15) is 4.79 Å². The molecule has 18 heavy (non-hydrogen) atoms. The van der Waals surface area contributed by atoms with Gasteiger partial charge in [0.25, 0.3) is 5.91 Å². The van der Waals surface area contributed by atoms with E-state index in [-0.39, 0.29) is 5.91 Å². The van der Waals surface area contributed by atoms with Gasteiger partial charge in [0.15, 0.2) is 0 Å². The number of hydrogen-bond donors (Lipinski definition) is 1. The number of carbonyl (C=O) groups excluding carboxylic acids is 1. The van der Waals surface area contributed by atoms with E-state index in [0.29, 0.717) is 16.4 Å². The molecule has 1 aliphatic carbocycles. The average Bonchev–Trinajstić information content (AvgIpc) is 2.66. The Morgan fingerprint density at radius 1 is 1.61 bits per heavy atom. The van der Waals surface area contributed by atoms with Crippen molar-refractivity contribution in [1.29, 1.82) is 0 Å². The predicted octanol–water partition coefficient (Wildman–Crippen LogP) is 2.41. The zero-order valence-electron chi connectivity index (χ0n) is 10.9. The van der Waals surface area contributed by atoms with E-state index >= 15 is 0 Å². The first-order valence-corrected chi connectivity index (χ1v) is 7.40. The fraction of sp³-hybridized carbons (Fsp3) is 0.692. The lowest BCUT2D eigenvalue weighted by molar-refractivity contribution is 0.0934. The first-order valence-electron chi connectivity index (χ1n) is 6.49. The van der Waals surface area contributed by atoms with Crippen molar-refractivity contribution in [2.45, 2.75) is 37.4 Å². The maximum Gasteiger partial charge on any atom is 0.269 e. The lowest BCUT2D eigenvalue weighted by atomic mass is 9.89. The van der Waals surface area contributed by atoms with Crippen LogP contribution in [0.25, 0.3) is 0 Å². The normalized spacial score (nSPS) is 23.9. The SMILES string of the molecule is Cc1cc(C(=O)NCC2CCCC(Br)C2)n(C)n1. The third-order valence-electron chi connectivity index (χ3n) is 3.50. The molecule has 0 bridgehead atoms. The Hall–Kier alpha value is -0.840. The number of halogens is 1. The molecule has 1 aliphatic rings. The van der Waals surface area contributed by atoms with E-state index in [2.05, 4.69) is 26.3 Å². The molecule has 0 saturated heterocycles. The Morgan fingerprint density at radius 3 is 3.00 bits per heavy atom. The van der Waals surface area contributed by atoms with E-state index in [0.717, 1.165) is 18.7 Å². The number of nitrogens with zero attached hydrogens (tertiary/aromatic N) is 2. The van der Waals surface area contributed by atoms with Crippen molar-refractivity contribution in [3.63, 3.8) is 0 Å². The average molecular weight is 314 g/mol. The van der Waals surface area contributed by atoms with Crippen LogP contribution in [0.1, 0.15) is 41.9 Å². The van der Waals surface area contributed by atoms with Gasteiger partial charge in [0.05, 0.1) is 5.69 Å². The molecule has 1 aromatic heterocycles. The van der Waals surface area contributed by atoms with Crippen LogP contribution in [0, 0.1) is 12.8 Å². The molecule has 4 nitrogen and oxygen atoms in total. The summed E-state index contributed by atoms with van der Waals surface area (Å²) in [4.78, 5) is 12.6.